The maximum Gasteiger partial charge on any atom is 0.433 e. The molecule has 1 amide bonds. The number of hydrogen-bond donors (Lipinski definition) is 2. The van der Waals surface area contributed by atoms with Crippen molar-refractivity contribution in [2.75, 3.05) is 5.73 Å². The maximum absolute atomic E-state index is 12.5. The van der Waals surface area contributed by atoms with Crippen molar-refractivity contribution in [2.45, 2.75) is 6.18 Å². The summed E-state index contributed by atoms with van der Waals surface area (Å²) in [6.07, 6.45) is -2.41. The second-order valence-electron chi connectivity index (χ2n) is 3.51. The average Bonchev–Trinajstić information content (AvgIpc) is 2.76. The van der Waals surface area contributed by atoms with Crippen LogP contribution in [0.4, 0.5) is 19.1 Å². The molecule has 0 radical (unpaired) electrons. The Morgan fingerprint density at radius 1 is 1.32 bits per heavy atom. The first-order chi connectivity index (χ1) is 8.77. The third-order valence-electron chi connectivity index (χ3n) is 2.12. The number of primary amides is 1. The SMILES string of the molecule is NC(=O)c1cnn(-c2cc(C(F)(F)F)nc(N)n2)c1. The molecule has 4 N–H and O–H groups in total. The fraction of sp³-hybridized carbons (Fsp3) is 0.111. The predicted molar refractivity (Wildman–Crippen MR) is 57.1 cm³/mol. The van der Waals surface area contributed by atoms with Crippen molar-refractivity contribution in [2.24, 2.45) is 5.73 Å². The molecule has 2 heterocycles. The van der Waals surface area contributed by atoms with Crippen molar-refractivity contribution >= 4 is 11.9 Å². The molecule has 2 rings (SSSR count). The van der Waals surface area contributed by atoms with Crippen LogP contribution in [0.1, 0.15) is 16.1 Å². The summed E-state index contributed by atoms with van der Waals surface area (Å²) in [6, 6.07) is 0.661. The largest absolute Gasteiger partial charge is 0.433 e. The second kappa shape index (κ2) is 4.23. The second-order valence-corrected chi connectivity index (χ2v) is 3.51. The lowest BCUT2D eigenvalue weighted by molar-refractivity contribution is -0.141. The van der Waals surface area contributed by atoms with Crippen LogP contribution in [0.15, 0.2) is 18.5 Å². The summed E-state index contributed by atoms with van der Waals surface area (Å²) in [4.78, 5) is 17.6. The third-order valence-corrected chi connectivity index (χ3v) is 2.12. The van der Waals surface area contributed by atoms with Crippen LogP contribution in [0.2, 0.25) is 0 Å². The Bertz CT molecular complexity index is 635. The fourth-order valence-corrected chi connectivity index (χ4v) is 1.29. The van der Waals surface area contributed by atoms with Gasteiger partial charge in [-0.15, -0.1) is 0 Å². The smallest absolute Gasteiger partial charge is 0.368 e. The molecular formula is C9H7F3N6O. The van der Waals surface area contributed by atoms with Crippen LogP contribution in [0.5, 0.6) is 0 Å². The number of anilines is 1. The Morgan fingerprint density at radius 3 is 2.53 bits per heavy atom. The number of nitrogen functional groups attached to an aromatic ring is 1. The van der Waals surface area contributed by atoms with Gasteiger partial charge in [-0.1, -0.05) is 0 Å². The van der Waals surface area contributed by atoms with Crippen LogP contribution >= 0.6 is 0 Å². The summed E-state index contributed by atoms with van der Waals surface area (Å²) in [5.41, 5.74) is 9.04. The zero-order chi connectivity index (χ0) is 14.2. The first-order valence-electron chi connectivity index (χ1n) is 4.84. The van der Waals surface area contributed by atoms with E-state index in [1.54, 1.807) is 0 Å². The molecule has 0 saturated carbocycles. The number of hydrogen-bond acceptors (Lipinski definition) is 5. The van der Waals surface area contributed by atoms with Gasteiger partial charge in [-0.05, 0) is 0 Å². The zero-order valence-corrected chi connectivity index (χ0v) is 9.22. The molecule has 2 aromatic heterocycles. The highest BCUT2D eigenvalue weighted by Crippen LogP contribution is 2.28. The Kier molecular flexibility index (Phi) is 2.85. The number of halogens is 3. The third kappa shape index (κ3) is 2.61. The van der Waals surface area contributed by atoms with Gasteiger partial charge in [0.25, 0.3) is 5.91 Å². The van der Waals surface area contributed by atoms with Crippen molar-refractivity contribution in [3.05, 3.63) is 29.7 Å². The molecule has 2 aromatic rings. The van der Waals surface area contributed by atoms with Crippen LogP contribution in [-0.4, -0.2) is 25.7 Å². The van der Waals surface area contributed by atoms with E-state index in [2.05, 4.69) is 15.1 Å². The highest BCUT2D eigenvalue weighted by molar-refractivity contribution is 5.92. The Hall–Kier alpha value is -2.65. The molecule has 0 unspecified atom stereocenters. The van der Waals surface area contributed by atoms with Crippen molar-refractivity contribution in [3.8, 4) is 5.82 Å². The van der Waals surface area contributed by atoms with E-state index in [-0.39, 0.29) is 11.4 Å². The van der Waals surface area contributed by atoms with E-state index in [1.165, 1.54) is 0 Å². The molecule has 0 spiro atoms. The van der Waals surface area contributed by atoms with Crippen molar-refractivity contribution in [3.63, 3.8) is 0 Å². The van der Waals surface area contributed by atoms with Crippen molar-refractivity contribution in [1.82, 2.24) is 19.7 Å². The number of carbonyl (C=O) groups excluding carboxylic acids is 1. The van der Waals surface area contributed by atoms with Gasteiger partial charge in [0, 0.05) is 12.3 Å². The molecule has 0 aliphatic carbocycles. The van der Waals surface area contributed by atoms with Gasteiger partial charge in [-0.25, -0.2) is 9.67 Å². The highest BCUT2D eigenvalue weighted by Gasteiger charge is 2.33. The zero-order valence-electron chi connectivity index (χ0n) is 9.22. The lowest BCUT2D eigenvalue weighted by atomic mass is 10.3. The highest BCUT2D eigenvalue weighted by atomic mass is 19.4. The van der Waals surface area contributed by atoms with E-state index in [0.29, 0.717) is 6.07 Å². The molecule has 0 atom stereocenters. The number of amides is 1. The minimum absolute atomic E-state index is 0.0331. The molecule has 0 aromatic carbocycles. The van der Waals surface area contributed by atoms with E-state index < -0.39 is 23.7 Å². The lowest BCUT2D eigenvalue weighted by Gasteiger charge is -2.08. The number of rotatable bonds is 2. The minimum atomic E-state index is -4.66. The van der Waals surface area contributed by atoms with Gasteiger partial charge in [0.15, 0.2) is 11.5 Å². The quantitative estimate of drug-likeness (QED) is 0.819. The summed E-state index contributed by atoms with van der Waals surface area (Å²) >= 11 is 0. The molecule has 7 nitrogen and oxygen atoms in total. The van der Waals surface area contributed by atoms with Crippen LogP contribution in [0, 0.1) is 0 Å². The van der Waals surface area contributed by atoms with E-state index >= 15 is 0 Å². The number of aromatic nitrogens is 4. The molecule has 100 valence electrons. The van der Waals surface area contributed by atoms with E-state index in [0.717, 1.165) is 17.1 Å². The van der Waals surface area contributed by atoms with Gasteiger partial charge in [0.2, 0.25) is 5.95 Å². The molecule has 0 bridgehead atoms. The van der Waals surface area contributed by atoms with Crippen LogP contribution in [0.25, 0.3) is 5.82 Å². The molecular weight excluding hydrogens is 265 g/mol. The van der Waals surface area contributed by atoms with Gasteiger partial charge in [0.1, 0.15) is 0 Å². The van der Waals surface area contributed by atoms with Crippen LogP contribution < -0.4 is 11.5 Å². The van der Waals surface area contributed by atoms with Crippen molar-refractivity contribution < 1.29 is 18.0 Å². The minimum Gasteiger partial charge on any atom is -0.368 e. The number of carbonyl (C=O) groups is 1. The summed E-state index contributed by atoms with van der Waals surface area (Å²) in [5, 5.41) is 3.67. The molecule has 0 aliphatic rings. The Balaban J connectivity index is 2.50. The summed E-state index contributed by atoms with van der Waals surface area (Å²) < 4.78 is 38.6. The van der Waals surface area contributed by atoms with E-state index in [4.69, 9.17) is 11.5 Å². The summed E-state index contributed by atoms with van der Waals surface area (Å²) in [5.74, 6) is -1.53. The van der Waals surface area contributed by atoms with E-state index in [9.17, 15) is 18.0 Å². The average molecular weight is 272 g/mol. The van der Waals surface area contributed by atoms with Gasteiger partial charge in [0.05, 0.1) is 11.8 Å². The first-order valence-corrected chi connectivity index (χ1v) is 4.84. The Labute approximate surface area is 104 Å². The number of alkyl halides is 3. The fourth-order valence-electron chi connectivity index (χ4n) is 1.29. The van der Waals surface area contributed by atoms with Gasteiger partial charge < -0.3 is 11.5 Å². The first kappa shape index (κ1) is 12.8. The molecule has 0 aliphatic heterocycles. The van der Waals surface area contributed by atoms with Gasteiger partial charge in [-0.2, -0.15) is 23.3 Å². The molecule has 0 saturated heterocycles. The van der Waals surface area contributed by atoms with Crippen LogP contribution in [0.3, 0.4) is 0 Å². The molecule has 19 heavy (non-hydrogen) atoms. The summed E-state index contributed by atoms with van der Waals surface area (Å²) in [6.45, 7) is 0. The standard InChI is InChI=1S/C9H7F3N6O/c10-9(11,12)5-1-6(17-8(14)16-5)18-3-4(2-15-18)7(13)19/h1-3H,(H2,13,19)(H2,14,16,17). The lowest BCUT2D eigenvalue weighted by Crippen LogP contribution is -2.13. The molecule has 10 heteroatoms. The summed E-state index contributed by atoms with van der Waals surface area (Å²) in [7, 11) is 0. The van der Waals surface area contributed by atoms with Gasteiger partial charge in [-0.3, -0.25) is 4.79 Å². The Morgan fingerprint density at radius 2 is 2.00 bits per heavy atom. The molecule has 0 fully saturated rings. The normalized spacial score (nSPS) is 11.5. The number of nitrogens with zero attached hydrogens (tertiary/aromatic N) is 4. The van der Waals surface area contributed by atoms with Crippen molar-refractivity contribution in [1.29, 1.82) is 0 Å². The number of nitrogens with two attached hydrogens (primary N) is 2. The van der Waals surface area contributed by atoms with E-state index in [1.807, 2.05) is 0 Å². The monoisotopic (exact) mass is 272 g/mol. The maximum atomic E-state index is 12.5. The van der Waals surface area contributed by atoms with Gasteiger partial charge >= 0.3 is 6.18 Å². The predicted octanol–water partition coefficient (Wildman–Crippen LogP) is 0.362. The van der Waals surface area contributed by atoms with Crippen LogP contribution in [-0.2, 0) is 6.18 Å². The topological polar surface area (TPSA) is 113 Å².